The topological polar surface area (TPSA) is 74.3 Å². The lowest BCUT2D eigenvalue weighted by atomic mass is 10.1. The van der Waals surface area contributed by atoms with Gasteiger partial charge in [0.15, 0.2) is 0 Å². The van der Waals surface area contributed by atoms with Gasteiger partial charge in [-0.25, -0.2) is 24.9 Å². The van der Waals surface area contributed by atoms with Crippen LogP contribution in [0.3, 0.4) is 0 Å². The molecule has 4 aromatic carbocycles. The van der Waals surface area contributed by atoms with E-state index < -0.39 is 0 Å². The summed E-state index contributed by atoms with van der Waals surface area (Å²) in [5.74, 6) is 1.64. The molecular weight excluding hydrogens is 615 g/mol. The molecule has 10 aromatic rings. The van der Waals surface area contributed by atoms with Crippen molar-refractivity contribution in [3.05, 3.63) is 164 Å². The van der Waals surface area contributed by atoms with Crippen molar-refractivity contribution in [2.75, 3.05) is 0 Å². The Balaban J connectivity index is 1.15. The van der Waals surface area contributed by atoms with E-state index in [1.807, 2.05) is 54.6 Å². The van der Waals surface area contributed by atoms with Crippen molar-refractivity contribution < 1.29 is 0 Å². The first-order valence-corrected chi connectivity index (χ1v) is 16.5. The molecule has 0 aliphatic rings. The Labute approximate surface area is 286 Å². The van der Waals surface area contributed by atoms with Gasteiger partial charge in [-0.2, -0.15) is 0 Å². The summed E-state index contributed by atoms with van der Waals surface area (Å²) in [4.78, 5) is 24.4. The molecular formula is C43H27N7. The number of nitrogens with zero attached hydrogens (tertiary/aromatic N) is 7. The third-order valence-electron chi connectivity index (χ3n) is 9.32. The highest BCUT2D eigenvalue weighted by Crippen LogP contribution is 2.35. The third kappa shape index (κ3) is 4.48. The molecule has 7 heteroatoms. The van der Waals surface area contributed by atoms with E-state index in [1.165, 1.54) is 21.5 Å². The zero-order chi connectivity index (χ0) is 33.0. The van der Waals surface area contributed by atoms with Gasteiger partial charge in [-0.3, -0.25) is 9.13 Å². The second-order valence-corrected chi connectivity index (χ2v) is 12.2. The zero-order valence-electron chi connectivity index (χ0n) is 26.7. The summed E-state index contributed by atoms with van der Waals surface area (Å²) >= 11 is 0. The molecule has 0 saturated carbocycles. The number of pyridine rings is 3. The molecule has 0 spiro atoms. The third-order valence-corrected chi connectivity index (χ3v) is 9.32. The van der Waals surface area contributed by atoms with E-state index in [9.17, 15) is 0 Å². The summed E-state index contributed by atoms with van der Waals surface area (Å²) < 4.78 is 4.44. The van der Waals surface area contributed by atoms with Crippen LogP contribution in [0.1, 0.15) is 0 Å². The summed E-state index contributed by atoms with van der Waals surface area (Å²) in [6.07, 6.45) is 3.32. The molecule has 6 heterocycles. The summed E-state index contributed by atoms with van der Waals surface area (Å²) in [5, 5.41) is 4.76. The molecule has 10 rings (SSSR count). The lowest BCUT2D eigenvalue weighted by molar-refractivity contribution is 1.07. The van der Waals surface area contributed by atoms with Gasteiger partial charge in [0.1, 0.15) is 18.0 Å². The lowest BCUT2D eigenvalue weighted by Crippen LogP contribution is -2.01. The number of para-hydroxylation sites is 4. The summed E-state index contributed by atoms with van der Waals surface area (Å²) in [7, 11) is 0. The highest BCUT2D eigenvalue weighted by atomic mass is 15.1. The van der Waals surface area contributed by atoms with Gasteiger partial charge >= 0.3 is 0 Å². The maximum absolute atomic E-state index is 5.22. The normalized spacial score (nSPS) is 11.6. The maximum atomic E-state index is 5.22. The fourth-order valence-corrected chi connectivity index (χ4v) is 7.12. The van der Waals surface area contributed by atoms with E-state index in [1.54, 1.807) is 12.5 Å². The molecule has 6 aromatic heterocycles. The highest BCUT2D eigenvalue weighted by Gasteiger charge is 2.17. The molecule has 0 atom stereocenters. The van der Waals surface area contributed by atoms with Crippen LogP contribution in [0, 0.1) is 0 Å². The maximum Gasteiger partial charge on any atom is 0.138 e. The predicted molar refractivity (Wildman–Crippen MR) is 200 cm³/mol. The van der Waals surface area contributed by atoms with Crippen molar-refractivity contribution >= 4 is 43.6 Å². The van der Waals surface area contributed by atoms with Crippen molar-refractivity contribution in [2.24, 2.45) is 0 Å². The van der Waals surface area contributed by atoms with Crippen LogP contribution in [-0.4, -0.2) is 34.1 Å². The molecule has 0 aliphatic heterocycles. The monoisotopic (exact) mass is 641 g/mol. The Morgan fingerprint density at radius 2 is 0.800 bits per heavy atom. The van der Waals surface area contributed by atoms with E-state index >= 15 is 0 Å². The van der Waals surface area contributed by atoms with E-state index in [0.717, 1.165) is 67.7 Å². The van der Waals surface area contributed by atoms with Gasteiger partial charge in [0, 0.05) is 33.3 Å². The minimum Gasteiger partial charge on any atom is -0.294 e. The molecule has 0 radical (unpaired) electrons. The van der Waals surface area contributed by atoms with Crippen LogP contribution in [0.15, 0.2) is 164 Å². The number of hydrogen-bond donors (Lipinski definition) is 0. The van der Waals surface area contributed by atoms with Gasteiger partial charge in [-0.05, 0) is 66.7 Å². The summed E-state index contributed by atoms with van der Waals surface area (Å²) in [6, 6.07) is 52.0. The molecule has 0 N–H and O–H groups in total. The van der Waals surface area contributed by atoms with E-state index in [-0.39, 0.29) is 0 Å². The largest absolute Gasteiger partial charge is 0.294 e. The average Bonchev–Trinajstić information content (AvgIpc) is 3.71. The van der Waals surface area contributed by atoms with Crippen molar-refractivity contribution in [2.45, 2.75) is 0 Å². The fourth-order valence-electron chi connectivity index (χ4n) is 7.12. The van der Waals surface area contributed by atoms with E-state index in [0.29, 0.717) is 0 Å². The molecule has 234 valence electrons. The lowest BCUT2D eigenvalue weighted by Gasteiger charge is -2.12. The Morgan fingerprint density at radius 3 is 1.22 bits per heavy atom. The number of aromatic nitrogens is 7. The van der Waals surface area contributed by atoms with Crippen molar-refractivity contribution in [1.29, 1.82) is 0 Å². The Kier molecular flexibility index (Phi) is 6.35. The average molecular weight is 642 g/mol. The molecule has 0 aliphatic carbocycles. The number of hydrogen-bond acceptors (Lipinski definition) is 5. The number of fused-ring (bicyclic) bond motifs is 6. The molecule has 0 saturated heterocycles. The quantitative estimate of drug-likeness (QED) is 0.187. The molecule has 0 amide bonds. The van der Waals surface area contributed by atoms with Gasteiger partial charge in [0.25, 0.3) is 0 Å². The van der Waals surface area contributed by atoms with E-state index in [2.05, 4.69) is 116 Å². The van der Waals surface area contributed by atoms with Crippen LogP contribution in [-0.2, 0) is 0 Å². The standard InChI is InChI=1S/C43H27N7/c1-5-17-38-29(11-1)30-12-2-6-18-39(30)49(38)42-21-9-15-34(47-42)36-25-28(33-23-24-44-27-45-33)26-37(46-36)35-16-10-22-43(48-35)50-40-19-7-3-13-31(40)32-14-4-8-20-41(32)50/h1-27H. The Bertz CT molecular complexity index is 2610. The van der Waals surface area contributed by atoms with Crippen LogP contribution in [0.5, 0.6) is 0 Å². The minimum absolute atomic E-state index is 0.725. The summed E-state index contributed by atoms with van der Waals surface area (Å²) in [6.45, 7) is 0. The van der Waals surface area contributed by atoms with Gasteiger partial charge in [-0.15, -0.1) is 0 Å². The summed E-state index contributed by atoms with van der Waals surface area (Å²) in [5.41, 5.74) is 9.06. The zero-order valence-corrected chi connectivity index (χ0v) is 26.7. The second kappa shape index (κ2) is 11.3. The van der Waals surface area contributed by atoms with Crippen LogP contribution >= 0.6 is 0 Å². The van der Waals surface area contributed by atoms with Crippen LogP contribution in [0.4, 0.5) is 0 Å². The number of benzene rings is 4. The van der Waals surface area contributed by atoms with Crippen LogP contribution in [0.2, 0.25) is 0 Å². The molecule has 50 heavy (non-hydrogen) atoms. The molecule has 0 fully saturated rings. The van der Waals surface area contributed by atoms with Crippen molar-refractivity contribution in [3.8, 4) is 45.7 Å². The molecule has 7 nitrogen and oxygen atoms in total. The fraction of sp³-hybridized carbons (Fsp3) is 0. The first kappa shape index (κ1) is 28.1. The van der Waals surface area contributed by atoms with Gasteiger partial charge in [0.2, 0.25) is 0 Å². The first-order valence-electron chi connectivity index (χ1n) is 16.5. The van der Waals surface area contributed by atoms with Gasteiger partial charge < -0.3 is 0 Å². The smallest absolute Gasteiger partial charge is 0.138 e. The Hall–Kier alpha value is -6.99. The Morgan fingerprint density at radius 1 is 0.360 bits per heavy atom. The first-order chi connectivity index (χ1) is 24.8. The molecule has 0 unspecified atom stereocenters. The predicted octanol–water partition coefficient (Wildman–Crippen LogP) is 9.86. The minimum atomic E-state index is 0.725. The van der Waals surface area contributed by atoms with Gasteiger partial charge in [-0.1, -0.05) is 84.9 Å². The SMILES string of the molecule is c1cc(-c2cc(-c3ccncn3)cc(-c3cccc(-n4c5ccccc5c5ccccc54)n3)n2)nc(-n2c3ccccc3c3ccccc32)c1. The van der Waals surface area contributed by atoms with E-state index in [4.69, 9.17) is 15.0 Å². The highest BCUT2D eigenvalue weighted by molar-refractivity contribution is 6.10. The van der Waals surface area contributed by atoms with Crippen LogP contribution < -0.4 is 0 Å². The van der Waals surface area contributed by atoms with Gasteiger partial charge in [0.05, 0.1) is 50.5 Å². The second-order valence-electron chi connectivity index (χ2n) is 12.2. The molecule has 0 bridgehead atoms. The van der Waals surface area contributed by atoms with Crippen LogP contribution in [0.25, 0.3) is 89.3 Å². The van der Waals surface area contributed by atoms with Crippen molar-refractivity contribution in [3.63, 3.8) is 0 Å². The van der Waals surface area contributed by atoms with Crippen molar-refractivity contribution in [1.82, 2.24) is 34.1 Å². The number of rotatable bonds is 5.